The van der Waals surface area contributed by atoms with E-state index in [1.165, 1.54) is 7.11 Å². The fourth-order valence-electron chi connectivity index (χ4n) is 1.51. The van der Waals surface area contributed by atoms with Crippen molar-refractivity contribution < 1.29 is 43.5 Å². The van der Waals surface area contributed by atoms with E-state index >= 15 is 0 Å². The SMILES string of the molecule is [Br-].[Br-].[CH2]C(c1ccccc1)C(C)(C)C(=O)OC.[In]. The van der Waals surface area contributed by atoms with Crippen molar-refractivity contribution in [3.05, 3.63) is 42.8 Å². The summed E-state index contributed by atoms with van der Waals surface area (Å²) in [5.74, 6) is -0.336. The molecule has 0 bridgehead atoms. The molecule has 0 saturated carbocycles. The molecule has 4 radical (unpaired) electrons. The summed E-state index contributed by atoms with van der Waals surface area (Å²) in [6.07, 6.45) is 0. The smallest absolute Gasteiger partial charge is 0.311 e. The minimum Gasteiger partial charge on any atom is -1.00 e. The Morgan fingerprint density at radius 1 is 1.22 bits per heavy atom. The zero-order chi connectivity index (χ0) is 11.5. The zero-order valence-electron chi connectivity index (χ0n) is 10.8. The summed E-state index contributed by atoms with van der Waals surface area (Å²) in [6, 6.07) is 9.79. The molecule has 0 aromatic heterocycles. The average molecular weight is 480 g/mol. The molecular weight excluding hydrogens is 463 g/mol. The molecule has 1 unspecified atom stereocenters. The van der Waals surface area contributed by atoms with Crippen molar-refractivity contribution in [3.63, 3.8) is 0 Å². The molecule has 0 N–H and O–H groups in total. The van der Waals surface area contributed by atoms with Crippen molar-refractivity contribution in [1.82, 2.24) is 0 Å². The third kappa shape index (κ3) is 5.66. The number of esters is 1. The van der Waals surface area contributed by atoms with Gasteiger partial charge < -0.3 is 38.7 Å². The largest absolute Gasteiger partial charge is 1.00 e. The second kappa shape index (κ2) is 10.3. The van der Waals surface area contributed by atoms with E-state index in [1.807, 2.05) is 44.2 Å². The van der Waals surface area contributed by atoms with Gasteiger partial charge in [-0.05, 0) is 32.3 Å². The van der Waals surface area contributed by atoms with Gasteiger partial charge in [0.15, 0.2) is 0 Å². The van der Waals surface area contributed by atoms with Gasteiger partial charge in [-0.15, -0.1) is 0 Å². The molecule has 0 saturated heterocycles. The van der Waals surface area contributed by atoms with Crippen LogP contribution in [0.1, 0.15) is 25.3 Å². The number of benzene rings is 1. The number of ether oxygens (including phenoxy) is 1. The van der Waals surface area contributed by atoms with Crippen LogP contribution in [0.2, 0.25) is 0 Å². The predicted octanol–water partition coefficient (Wildman–Crippen LogP) is -3.57. The first-order chi connectivity index (χ1) is 7.00. The van der Waals surface area contributed by atoms with Crippen molar-refractivity contribution in [1.29, 1.82) is 0 Å². The molecule has 1 aromatic carbocycles. The normalized spacial score (nSPS) is 11.1. The Balaban J connectivity index is -0.000000750. The van der Waals surface area contributed by atoms with Crippen LogP contribution in [0.3, 0.4) is 0 Å². The summed E-state index contributed by atoms with van der Waals surface area (Å²) >= 11 is 0. The van der Waals surface area contributed by atoms with Crippen LogP contribution in [0.25, 0.3) is 0 Å². The molecule has 1 aromatic rings. The zero-order valence-corrected chi connectivity index (χ0v) is 17.3. The van der Waals surface area contributed by atoms with E-state index in [0.717, 1.165) is 5.56 Å². The summed E-state index contributed by atoms with van der Waals surface area (Å²) in [6.45, 7) is 7.75. The van der Waals surface area contributed by atoms with Crippen LogP contribution in [0.15, 0.2) is 30.3 Å². The maximum absolute atomic E-state index is 11.6. The van der Waals surface area contributed by atoms with Gasteiger partial charge in [0, 0.05) is 25.8 Å². The van der Waals surface area contributed by atoms with Crippen LogP contribution < -0.4 is 34.0 Å². The molecule has 0 aliphatic heterocycles. The van der Waals surface area contributed by atoms with Crippen molar-refractivity contribution in [3.8, 4) is 0 Å². The number of carbonyl (C=O) groups excluding carboxylic acids is 1. The van der Waals surface area contributed by atoms with Gasteiger partial charge in [0.25, 0.3) is 0 Å². The van der Waals surface area contributed by atoms with Gasteiger partial charge in [-0.25, -0.2) is 0 Å². The monoisotopic (exact) mass is 478 g/mol. The van der Waals surface area contributed by atoms with Crippen molar-refractivity contribution in [2.24, 2.45) is 5.41 Å². The minimum absolute atomic E-state index is 0. The Bertz CT molecular complexity index is 342. The first-order valence-corrected chi connectivity index (χ1v) is 4.96. The van der Waals surface area contributed by atoms with E-state index in [1.54, 1.807) is 0 Å². The van der Waals surface area contributed by atoms with E-state index < -0.39 is 5.41 Å². The van der Waals surface area contributed by atoms with Crippen LogP contribution >= 0.6 is 0 Å². The van der Waals surface area contributed by atoms with E-state index in [0.29, 0.717) is 0 Å². The van der Waals surface area contributed by atoms with Crippen molar-refractivity contribution in [2.75, 3.05) is 7.11 Å². The molecule has 0 spiro atoms. The molecule has 0 aliphatic rings. The van der Waals surface area contributed by atoms with Crippen LogP contribution in [-0.4, -0.2) is 38.9 Å². The minimum atomic E-state index is -0.601. The molecule has 1 atom stereocenters. The Hall–Kier alpha value is 0.520. The number of hydrogen-bond donors (Lipinski definition) is 0. The summed E-state index contributed by atoms with van der Waals surface area (Å²) in [5, 5.41) is 0. The molecule has 0 aliphatic carbocycles. The molecule has 100 valence electrons. The molecule has 1 rings (SSSR count). The standard InChI is InChI=1S/C13H17O2.2BrH.In/c1-10(11-8-6-5-7-9-11)13(2,3)12(14)15-4;;;/h5-10H,1H2,2-4H3;2*1H;/p-2. The molecule has 0 fully saturated rings. The topological polar surface area (TPSA) is 26.3 Å². The average Bonchev–Trinajstić information content (AvgIpc) is 2.28. The van der Waals surface area contributed by atoms with Crippen molar-refractivity contribution in [2.45, 2.75) is 19.8 Å². The molecule has 0 heterocycles. The van der Waals surface area contributed by atoms with Gasteiger partial charge in [0.2, 0.25) is 0 Å². The van der Waals surface area contributed by atoms with Crippen LogP contribution in [0.4, 0.5) is 0 Å². The first-order valence-electron chi connectivity index (χ1n) is 4.96. The number of halogens is 2. The number of methoxy groups -OCH3 is 1. The van der Waals surface area contributed by atoms with E-state index in [4.69, 9.17) is 4.74 Å². The maximum atomic E-state index is 11.6. The van der Waals surface area contributed by atoms with Gasteiger partial charge in [-0.1, -0.05) is 30.3 Å². The second-order valence-electron chi connectivity index (χ2n) is 4.18. The second-order valence-corrected chi connectivity index (χ2v) is 4.18. The van der Waals surface area contributed by atoms with E-state index in [9.17, 15) is 4.79 Å². The fourth-order valence-corrected chi connectivity index (χ4v) is 1.51. The van der Waals surface area contributed by atoms with Gasteiger partial charge in [-0.2, -0.15) is 0 Å². The molecule has 2 nitrogen and oxygen atoms in total. The van der Waals surface area contributed by atoms with Gasteiger partial charge in [-0.3, -0.25) is 4.79 Å². The Kier molecular flexibility index (Phi) is 13.5. The fraction of sp³-hybridized carbons (Fsp3) is 0.385. The predicted molar refractivity (Wildman–Crippen MR) is 66.1 cm³/mol. The summed E-state index contributed by atoms with van der Waals surface area (Å²) < 4.78 is 4.78. The van der Waals surface area contributed by atoms with E-state index in [-0.39, 0.29) is 71.7 Å². The van der Waals surface area contributed by atoms with Gasteiger partial charge in [0.1, 0.15) is 0 Å². The Morgan fingerprint density at radius 2 is 1.67 bits per heavy atom. The third-order valence-electron chi connectivity index (χ3n) is 2.78. The molecule has 0 amide bonds. The van der Waals surface area contributed by atoms with Crippen LogP contribution in [0, 0.1) is 12.3 Å². The first kappa shape index (κ1) is 23.6. The summed E-state index contributed by atoms with van der Waals surface area (Å²) in [5.41, 5.74) is 0.448. The summed E-state index contributed by atoms with van der Waals surface area (Å²) in [4.78, 5) is 11.6. The maximum Gasteiger partial charge on any atom is 0.311 e. The van der Waals surface area contributed by atoms with Crippen molar-refractivity contribution >= 4 is 31.8 Å². The third-order valence-corrected chi connectivity index (χ3v) is 2.78. The number of carbonyl (C=O) groups is 1. The van der Waals surface area contributed by atoms with Crippen LogP contribution in [0.5, 0.6) is 0 Å². The molecular formula is C13H17Br2InO2-2. The molecule has 5 heteroatoms. The quantitative estimate of drug-likeness (QED) is 0.420. The number of hydrogen-bond acceptors (Lipinski definition) is 2. The Morgan fingerprint density at radius 3 is 2.06 bits per heavy atom. The van der Waals surface area contributed by atoms with Gasteiger partial charge >= 0.3 is 5.97 Å². The van der Waals surface area contributed by atoms with E-state index in [2.05, 4.69) is 6.92 Å². The Labute approximate surface area is 149 Å². The molecule has 18 heavy (non-hydrogen) atoms. The summed E-state index contributed by atoms with van der Waals surface area (Å²) in [7, 11) is 1.40. The van der Waals surface area contributed by atoms with Gasteiger partial charge in [0.05, 0.1) is 12.5 Å². The number of rotatable bonds is 3. The van der Waals surface area contributed by atoms with Crippen LogP contribution in [-0.2, 0) is 9.53 Å².